The molecule has 0 aliphatic heterocycles. The molecule has 2 aromatic rings. The van der Waals surface area contributed by atoms with Crippen molar-refractivity contribution in [2.45, 2.75) is 33.2 Å². The molecule has 6 nitrogen and oxygen atoms in total. The SMILES string of the molecule is CCCNc1ncccc1C(=O)Nc1cnn(C(C)C)c1. The lowest BCUT2D eigenvalue weighted by atomic mass is 10.2. The van der Waals surface area contributed by atoms with Crippen LogP contribution in [-0.2, 0) is 0 Å². The first kappa shape index (κ1) is 15.0. The molecule has 0 saturated heterocycles. The molecule has 6 heteroatoms. The Morgan fingerprint density at radius 1 is 1.43 bits per heavy atom. The second kappa shape index (κ2) is 6.88. The third-order valence-corrected chi connectivity index (χ3v) is 2.98. The first-order valence-corrected chi connectivity index (χ1v) is 7.16. The van der Waals surface area contributed by atoms with Crippen LogP contribution in [0.25, 0.3) is 0 Å². The highest BCUT2D eigenvalue weighted by Crippen LogP contribution is 2.15. The zero-order valence-corrected chi connectivity index (χ0v) is 12.6. The molecule has 0 spiro atoms. The lowest BCUT2D eigenvalue weighted by Crippen LogP contribution is -2.15. The fourth-order valence-corrected chi connectivity index (χ4v) is 1.86. The van der Waals surface area contributed by atoms with E-state index in [1.54, 1.807) is 29.2 Å². The van der Waals surface area contributed by atoms with Gasteiger partial charge in [-0.15, -0.1) is 0 Å². The largest absolute Gasteiger partial charge is 0.369 e. The van der Waals surface area contributed by atoms with Gasteiger partial charge in [0.2, 0.25) is 0 Å². The highest BCUT2D eigenvalue weighted by molar-refractivity contribution is 6.07. The van der Waals surface area contributed by atoms with E-state index >= 15 is 0 Å². The molecule has 0 bridgehead atoms. The summed E-state index contributed by atoms with van der Waals surface area (Å²) in [5.41, 5.74) is 1.21. The van der Waals surface area contributed by atoms with E-state index in [9.17, 15) is 4.79 Å². The Kier molecular flexibility index (Phi) is 4.92. The quantitative estimate of drug-likeness (QED) is 0.857. The minimum atomic E-state index is -0.190. The summed E-state index contributed by atoms with van der Waals surface area (Å²) in [6.45, 7) is 6.91. The molecule has 0 radical (unpaired) electrons. The van der Waals surface area contributed by atoms with E-state index < -0.39 is 0 Å². The Morgan fingerprint density at radius 3 is 2.90 bits per heavy atom. The second-order valence-corrected chi connectivity index (χ2v) is 5.08. The Morgan fingerprint density at radius 2 is 2.24 bits per heavy atom. The Hall–Kier alpha value is -2.37. The molecule has 2 N–H and O–H groups in total. The minimum absolute atomic E-state index is 0.190. The second-order valence-electron chi connectivity index (χ2n) is 5.08. The molecule has 2 heterocycles. The maximum absolute atomic E-state index is 12.3. The first-order valence-electron chi connectivity index (χ1n) is 7.16. The van der Waals surface area contributed by atoms with E-state index in [-0.39, 0.29) is 11.9 Å². The molecule has 0 aliphatic carbocycles. The molecular weight excluding hydrogens is 266 g/mol. The maximum atomic E-state index is 12.3. The Labute approximate surface area is 124 Å². The van der Waals surface area contributed by atoms with Gasteiger partial charge in [-0.05, 0) is 32.4 Å². The molecule has 112 valence electrons. The van der Waals surface area contributed by atoms with Gasteiger partial charge < -0.3 is 10.6 Å². The molecule has 0 saturated carbocycles. The number of aromatic nitrogens is 3. The summed E-state index contributed by atoms with van der Waals surface area (Å²) in [5, 5.41) is 10.2. The van der Waals surface area contributed by atoms with E-state index in [1.165, 1.54) is 0 Å². The van der Waals surface area contributed by atoms with Crippen molar-refractivity contribution >= 4 is 17.4 Å². The Bertz CT molecular complexity index is 606. The van der Waals surface area contributed by atoms with E-state index in [0.717, 1.165) is 13.0 Å². The van der Waals surface area contributed by atoms with E-state index in [1.807, 2.05) is 20.0 Å². The summed E-state index contributed by atoms with van der Waals surface area (Å²) >= 11 is 0. The Balaban J connectivity index is 2.12. The standard InChI is InChI=1S/C15H21N5O/c1-4-7-16-14-13(6-5-8-17-14)15(21)19-12-9-18-20(10-12)11(2)3/h5-6,8-11H,4,7H2,1-3H3,(H,16,17)(H,19,21). The highest BCUT2D eigenvalue weighted by Gasteiger charge is 2.13. The zero-order valence-electron chi connectivity index (χ0n) is 12.6. The molecule has 0 unspecified atom stereocenters. The predicted octanol–water partition coefficient (Wildman–Crippen LogP) is 2.93. The van der Waals surface area contributed by atoms with Gasteiger partial charge >= 0.3 is 0 Å². The van der Waals surface area contributed by atoms with Crippen molar-refractivity contribution in [2.75, 3.05) is 17.2 Å². The number of rotatable bonds is 6. The van der Waals surface area contributed by atoms with Gasteiger partial charge in [0.1, 0.15) is 5.82 Å². The minimum Gasteiger partial charge on any atom is -0.369 e. The van der Waals surface area contributed by atoms with Gasteiger partial charge in [0, 0.05) is 25.0 Å². The number of anilines is 2. The van der Waals surface area contributed by atoms with Gasteiger partial charge in [-0.2, -0.15) is 5.10 Å². The smallest absolute Gasteiger partial charge is 0.259 e. The average molecular weight is 287 g/mol. The average Bonchev–Trinajstić information content (AvgIpc) is 2.94. The van der Waals surface area contributed by atoms with Crippen LogP contribution in [0.3, 0.4) is 0 Å². The van der Waals surface area contributed by atoms with E-state index in [2.05, 4.69) is 27.6 Å². The van der Waals surface area contributed by atoms with Crippen LogP contribution in [0, 0.1) is 0 Å². The molecule has 21 heavy (non-hydrogen) atoms. The number of hydrogen-bond acceptors (Lipinski definition) is 4. The summed E-state index contributed by atoms with van der Waals surface area (Å²) in [5.74, 6) is 0.415. The number of carbonyl (C=O) groups excluding carboxylic acids is 1. The van der Waals surface area contributed by atoms with Crippen LogP contribution in [0.1, 0.15) is 43.6 Å². The fraction of sp³-hybridized carbons (Fsp3) is 0.400. The monoisotopic (exact) mass is 287 g/mol. The summed E-state index contributed by atoms with van der Waals surface area (Å²) in [6, 6.07) is 3.77. The number of amides is 1. The van der Waals surface area contributed by atoms with Crippen molar-refractivity contribution in [2.24, 2.45) is 0 Å². The first-order chi connectivity index (χ1) is 10.1. The van der Waals surface area contributed by atoms with Crippen LogP contribution < -0.4 is 10.6 Å². The van der Waals surface area contributed by atoms with Crippen molar-refractivity contribution in [3.8, 4) is 0 Å². The summed E-state index contributed by atoms with van der Waals surface area (Å²) in [6.07, 6.45) is 6.11. The maximum Gasteiger partial charge on any atom is 0.259 e. The molecule has 0 aromatic carbocycles. The third kappa shape index (κ3) is 3.81. The van der Waals surface area contributed by atoms with Crippen LogP contribution in [0.15, 0.2) is 30.7 Å². The number of pyridine rings is 1. The number of nitrogens with zero attached hydrogens (tertiary/aromatic N) is 3. The van der Waals surface area contributed by atoms with Crippen molar-refractivity contribution < 1.29 is 4.79 Å². The molecule has 2 rings (SSSR count). The van der Waals surface area contributed by atoms with Crippen LogP contribution in [0.2, 0.25) is 0 Å². The van der Waals surface area contributed by atoms with Gasteiger partial charge in [-0.25, -0.2) is 4.98 Å². The lowest BCUT2D eigenvalue weighted by Gasteiger charge is -2.09. The molecule has 1 amide bonds. The number of carbonyl (C=O) groups is 1. The van der Waals surface area contributed by atoms with Gasteiger partial charge in [-0.1, -0.05) is 6.92 Å². The van der Waals surface area contributed by atoms with Crippen LogP contribution in [0.4, 0.5) is 11.5 Å². The normalized spacial score (nSPS) is 10.7. The third-order valence-electron chi connectivity index (χ3n) is 2.98. The molecule has 0 fully saturated rings. The zero-order chi connectivity index (χ0) is 15.2. The van der Waals surface area contributed by atoms with Crippen LogP contribution in [0.5, 0.6) is 0 Å². The topological polar surface area (TPSA) is 71.8 Å². The van der Waals surface area contributed by atoms with E-state index in [0.29, 0.717) is 17.1 Å². The van der Waals surface area contributed by atoms with Crippen LogP contribution >= 0.6 is 0 Å². The summed E-state index contributed by atoms with van der Waals surface area (Å²) < 4.78 is 1.80. The van der Waals surface area contributed by atoms with Crippen molar-refractivity contribution in [3.05, 3.63) is 36.3 Å². The fourth-order valence-electron chi connectivity index (χ4n) is 1.86. The summed E-state index contributed by atoms with van der Waals surface area (Å²) in [7, 11) is 0. The lowest BCUT2D eigenvalue weighted by molar-refractivity contribution is 0.102. The molecule has 0 atom stereocenters. The van der Waals surface area contributed by atoms with Gasteiger partial charge in [0.15, 0.2) is 0 Å². The van der Waals surface area contributed by atoms with Crippen LogP contribution in [-0.4, -0.2) is 27.2 Å². The van der Waals surface area contributed by atoms with Gasteiger partial charge in [-0.3, -0.25) is 9.48 Å². The highest BCUT2D eigenvalue weighted by atomic mass is 16.1. The van der Waals surface area contributed by atoms with Crippen molar-refractivity contribution in [1.29, 1.82) is 0 Å². The van der Waals surface area contributed by atoms with Crippen molar-refractivity contribution in [1.82, 2.24) is 14.8 Å². The molecule has 0 aliphatic rings. The number of nitrogens with one attached hydrogen (secondary N) is 2. The molecule has 2 aromatic heterocycles. The molecular formula is C15H21N5O. The predicted molar refractivity (Wildman–Crippen MR) is 83.6 cm³/mol. The van der Waals surface area contributed by atoms with Gasteiger partial charge in [0.05, 0.1) is 17.4 Å². The van der Waals surface area contributed by atoms with Gasteiger partial charge in [0.25, 0.3) is 5.91 Å². The number of hydrogen-bond donors (Lipinski definition) is 2. The van der Waals surface area contributed by atoms with E-state index in [4.69, 9.17) is 0 Å². The van der Waals surface area contributed by atoms with Crippen molar-refractivity contribution in [3.63, 3.8) is 0 Å². The summed E-state index contributed by atoms with van der Waals surface area (Å²) in [4.78, 5) is 16.6.